The Bertz CT molecular complexity index is 442. The van der Waals surface area contributed by atoms with Crippen molar-refractivity contribution in [3.8, 4) is 0 Å². The van der Waals surface area contributed by atoms with Gasteiger partial charge in [-0.15, -0.1) is 0 Å². The topological polar surface area (TPSA) is 70.4 Å². The van der Waals surface area contributed by atoms with Crippen molar-refractivity contribution < 1.29 is 19.1 Å². The van der Waals surface area contributed by atoms with Gasteiger partial charge in [0.15, 0.2) is 5.69 Å². The first-order valence-electron chi connectivity index (χ1n) is 5.09. The monoisotopic (exact) mass is 260 g/mol. The first kappa shape index (κ1) is 13.5. The van der Waals surface area contributed by atoms with Crippen LogP contribution in [0.2, 0.25) is 5.15 Å². The zero-order chi connectivity index (χ0) is 13.0. The lowest BCUT2D eigenvalue weighted by Gasteiger charge is -2.02. The minimum absolute atomic E-state index is 0.0477. The van der Waals surface area contributed by atoms with E-state index in [2.05, 4.69) is 5.10 Å². The molecule has 0 atom stereocenters. The molecule has 0 N–H and O–H groups in total. The van der Waals surface area contributed by atoms with Crippen LogP contribution in [0.1, 0.15) is 34.7 Å². The van der Waals surface area contributed by atoms with Crippen LogP contribution in [0.4, 0.5) is 0 Å². The summed E-state index contributed by atoms with van der Waals surface area (Å²) in [5.74, 6) is -1.38. The van der Waals surface area contributed by atoms with Crippen molar-refractivity contribution in [2.24, 2.45) is 7.05 Å². The lowest BCUT2D eigenvalue weighted by Crippen LogP contribution is -2.13. The van der Waals surface area contributed by atoms with Crippen LogP contribution < -0.4 is 0 Å². The maximum atomic E-state index is 11.6. The number of halogens is 1. The molecule has 0 amide bonds. The van der Waals surface area contributed by atoms with Crippen LogP contribution in [0, 0.1) is 0 Å². The number of hydrogen-bond acceptors (Lipinski definition) is 5. The van der Waals surface area contributed by atoms with Gasteiger partial charge in [0.1, 0.15) is 10.7 Å². The minimum atomic E-state index is -0.696. The van der Waals surface area contributed by atoms with Crippen molar-refractivity contribution in [2.75, 3.05) is 13.2 Å². The summed E-state index contributed by atoms with van der Waals surface area (Å²) in [6.45, 7) is 3.69. The molecule has 0 radical (unpaired) electrons. The second-order valence-electron chi connectivity index (χ2n) is 3.08. The number of esters is 2. The van der Waals surface area contributed by atoms with Gasteiger partial charge < -0.3 is 9.47 Å². The molecule has 1 aromatic rings. The minimum Gasteiger partial charge on any atom is -0.462 e. The Kier molecular flexibility index (Phi) is 4.51. The van der Waals surface area contributed by atoms with Gasteiger partial charge in [-0.1, -0.05) is 11.6 Å². The predicted molar refractivity (Wildman–Crippen MR) is 60.1 cm³/mol. The van der Waals surface area contributed by atoms with Crippen LogP contribution >= 0.6 is 11.6 Å². The maximum Gasteiger partial charge on any atom is 0.359 e. The van der Waals surface area contributed by atoms with Crippen LogP contribution in [0.25, 0.3) is 0 Å². The number of hydrogen-bond donors (Lipinski definition) is 0. The molecule has 0 saturated carbocycles. The lowest BCUT2D eigenvalue weighted by atomic mass is 10.2. The molecule has 0 fully saturated rings. The summed E-state index contributed by atoms with van der Waals surface area (Å²) in [6, 6.07) is 0. The van der Waals surface area contributed by atoms with E-state index in [9.17, 15) is 9.59 Å². The molecule has 1 heterocycles. The third-order valence-electron chi connectivity index (χ3n) is 1.93. The van der Waals surface area contributed by atoms with Gasteiger partial charge in [-0.25, -0.2) is 9.59 Å². The van der Waals surface area contributed by atoms with E-state index in [4.69, 9.17) is 21.1 Å². The molecule has 0 saturated heterocycles. The molecular weight excluding hydrogens is 248 g/mol. The molecule has 94 valence electrons. The number of carbonyl (C=O) groups is 2. The average molecular weight is 261 g/mol. The lowest BCUT2D eigenvalue weighted by molar-refractivity contribution is 0.0475. The Morgan fingerprint density at radius 3 is 2.29 bits per heavy atom. The van der Waals surface area contributed by atoms with Gasteiger partial charge in [-0.05, 0) is 13.8 Å². The van der Waals surface area contributed by atoms with E-state index in [0.717, 1.165) is 0 Å². The summed E-state index contributed by atoms with van der Waals surface area (Å²) in [4.78, 5) is 23.2. The van der Waals surface area contributed by atoms with Crippen LogP contribution in [-0.4, -0.2) is 34.9 Å². The van der Waals surface area contributed by atoms with Crippen molar-refractivity contribution in [1.82, 2.24) is 9.78 Å². The Morgan fingerprint density at radius 1 is 1.24 bits per heavy atom. The number of ether oxygens (including phenoxy) is 2. The molecule has 0 bridgehead atoms. The predicted octanol–water partition coefficient (Wildman–Crippen LogP) is 1.43. The first-order chi connectivity index (χ1) is 8.02. The molecule has 0 unspecified atom stereocenters. The Hall–Kier alpha value is -1.56. The SMILES string of the molecule is CCOC(=O)c1nn(C)c(Cl)c1C(=O)OCC. The van der Waals surface area contributed by atoms with Crippen molar-refractivity contribution >= 4 is 23.5 Å². The molecule has 0 aliphatic carbocycles. The van der Waals surface area contributed by atoms with Gasteiger partial charge in [0.2, 0.25) is 0 Å². The summed E-state index contributed by atoms with van der Waals surface area (Å²) in [5, 5.41) is 3.89. The van der Waals surface area contributed by atoms with Crippen molar-refractivity contribution in [1.29, 1.82) is 0 Å². The Morgan fingerprint density at radius 2 is 1.76 bits per heavy atom. The number of aromatic nitrogens is 2. The second kappa shape index (κ2) is 5.67. The molecule has 17 heavy (non-hydrogen) atoms. The van der Waals surface area contributed by atoms with E-state index >= 15 is 0 Å². The van der Waals surface area contributed by atoms with Crippen LogP contribution in [-0.2, 0) is 16.5 Å². The van der Waals surface area contributed by atoms with E-state index in [1.165, 1.54) is 11.7 Å². The summed E-state index contributed by atoms with van der Waals surface area (Å²) in [7, 11) is 1.52. The quantitative estimate of drug-likeness (QED) is 0.766. The zero-order valence-corrected chi connectivity index (χ0v) is 10.6. The zero-order valence-electron chi connectivity index (χ0n) is 9.82. The molecule has 0 aliphatic rings. The summed E-state index contributed by atoms with van der Waals surface area (Å²) in [5.41, 5.74) is -0.188. The van der Waals surface area contributed by atoms with Crippen molar-refractivity contribution in [3.63, 3.8) is 0 Å². The second-order valence-corrected chi connectivity index (χ2v) is 3.44. The highest BCUT2D eigenvalue weighted by Crippen LogP contribution is 2.21. The summed E-state index contributed by atoms with van der Waals surface area (Å²) >= 11 is 5.88. The van der Waals surface area contributed by atoms with E-state index in [-0.39, 0.29) is 29.6 Å². The molecule has 0 spiro atoms. The van der Waals surface area contributed by atoms with Gasteiger partial charge in [0, 0.05) is 7.05 Å². The van der Waals surface area contributed by atoms with Gasteiger partial charge in [-0.3, -0.25) is 4.68 Å². The van der Waals surface area contributed by atoms with E-state index in [0.29, 0.717) is 0 Å². The van der Waals surface area contributed by atoms with Crippen LogP contribution in [0.15, 0.2) is 0 Å². The highest BCUT2D eigenvalue weighted by Gasteiger charge is 2.28. The summed E-state index contributed by atoms with van der Waals surface area (Å²) < 4.78 is 10.8. The number of carbonyl (C=O) groups excluding carboxylic acids is 2. The molecule has 1 rings (SSSR count). The average Bonchev–Trinajstić information content (AvgIpc) is 2.56. The van der Waals surface area contributed by atoms with E-state index < -0.39 is 11.9 Å². The van der Waals surface area contributed by atoms with Crippen LogP contribution in [0.3, 0.4) is 0 Å². The molecule has 7 heteroatoms. The number of nitrogens with zero attached hydrogens (tertiary/aromatic N) is 2. The summed E-state index contributed by atoms with van der Waals surface area (Å²) in [6.07, 6.45) is 0. The smallest absolute Gasteiger partial charge is 0.359 e. The fraction of sp³-hybridized carbons (Fsp3) is 0.500. The molecule has 1 aromatic heterocycles. The normalized spacial score (nSPS) is 10.1. The van der Waals surface area contributed by atoms with Crippen molar-refractivity contribution in [3.05, 3.63) is 16.4 Å². The third-order valence-corrected chi connectivity index (χ3v) is 2.36. The number of rotatable bonds is 4. The molecule has 6 nitrogen and oxygen atoms in total. The fourth-order valence-electron chi connectivity index (χ4n) is 1.23. The third kappa shape index (κ3) is 2.76. The highest BCUT2D eigenvalue weighted by atomic mass is 35.5. The first-order valence-corrected chi connectivity index (χ1v) is 5.47. The van der Waals surface area contributed by atoms with Crippen molar-refractivity contribution in [2.45, 2.75) is 13.8 Å². The number of aryl methyl sites for hydroxylation is 1. The molecule has 0 aliphatic heterocycles. The van der Waals surface area contributed by atoms with Crippen LogP contribution in [0.5, 0.6) is 0 Å². The molecular formula is C10H13ClN2O4. The van der Waals surface area contributed by atoms with E-state index in [1.54, 1.807) is 13.8 Å². The standard InChI is InChI=1S/C10H13ClN2O4/c1-4-16-9(14)6-7(10(15)17-5-2)12-13(3)8(6)11/h4-5H2,1-3H3. The van der Waals surface area contributed by atoms with Gasteiger partial charge in [-0.2, -0.15) is 5.10 Å². The molecule has 0 aromatic carbocycles. The van der Waals surface area contributed by atoms with Gasteiger partial charge in [0.25, 0.3) is 0 Å². The Balaban J connectivity index is 3.17. The highest BCUT2D eigenvalue weighted by molar-refractivity contribution is 6.33. The van der Waals surface area contributed by atoms with E-state index in [1.807, 2.05) is 0 Å². The van der Waals surface area contributed by atoms with Gasteiger partial charge in [0.05, 0.1) is 13.2 Å². The van der Waals surface area contributed by atoms with Gasteiger partial charge >= 0.3 is 11.9 Å². The largest absolute Gasteiger partial charge is 0.462 e. The Labute approximate surface area is 103 Å². The maximum absolute atomic E-state index is 11.6. The fourth-order valence-corrected chi connectivity index (χ4v) is 1.43.